The number of halogens is 1. The number of nitrogens with one attached hydrogen (secondary N) is 1. The lowest BCUT2D eigenvalue weighted by atomic mass is 9.89. The first-order chi connectivity index (χ1) is 7.66. The molecule has 0 spiro atoms. The van der Waals surface area contributed by atoms with Crippen LogP contribution in [-0.4, -0.2) is 12.6 Å². The molecule has 0 radical (unpaired) electrons. The van der Waals surface area contributed by atoms with Crippen molar-refractivity contribution in [3.05, 3.63) is 34.9 Å². The van der Waals surface area contributed by atoms with Crippen LogP contribution in [0.4, 0.5) is 0 Å². The molecular formula is C14H20ClN. The van der Waals surface area contributed by atoms with Crippen LogP contribution in [0.5, 0.6) is 0 Å². The summed E-state index contributed by atoms with van der Waals surface area (Å²) in [5.74, 6) is 1.21. The van der Waals surface area contributed by atoms with Gasteiger partial charge in [-0.25, -0.2) is 0 Å². The minimum atomic E-state index is 0.560. The second-order valence-electron chi connectivity index (χ2n) is 5.00. The zero-order chi connectivity index (χ0) is 11.5. The molecule has 0 amide bonds. The van der Waals surface area contributed by atoms with Crippen LogP contribution in [-0.2, 0) is 0 Å². The van der Waals surface area contributed by atoms with E-state index in [1.807, 2.05) is 12.1 Å². The minimum Gasteiger partial charge on any atom is -0.314 e. The van der Waals surface area contributed by atoms with Gasteiger partial charge in [-0.05, 0) is 48.9 Å². The maximum atomic E-state index is 6.02. The van der Waals surface area contributed by atoms with E-state index >= 15 is 0 Å². The summed E-state index contributed by atoms with van der Waals surface area (Å²) in [4.78, 5) is 0. The van der Waals surface area contributed by atoms with E-state index in [1.54, 1.807) is 0 Å². The first kappa shape index (κ1) is 11.9. The van der Waals surface area contributed by atoms with Crippen molar-refractivity contribution in [2.24, 2.45) is 5.92 Å². The fourth-order valence-corrected chi connectivity index (χ4v) is 2.13. The second-order valence-corrected chi connectivity index (χ2v) is 5.44. The highest BCUT2D eigenvalue weighted by Crippen LogP contribution is 2.27. The van der Waals surface area contributed by atoms with E-state index in [1.165, 1.54) is 18.4 Å². The summed E-state index contributed by atoms with van der Waals surface area (Å²) in [6.07, 6.45) is 2.72. The van der Waals surface area contributed by atoms with E-state index in [0.717, 1.165) is 17.6 Å². The van der Waals surface area contributed by atoms with E-state index in [-0.39, 0.29) is 0 Å². The summed E-state index contributed by atoms with van der Waals surface area (Å²) >= 11 is 6.02. The molecule has 1 N–H and O–H groups in total. The van der Waals surface area contributed by atoms with Crippen LogP contribution >= 0.6 is 11.6 Å². The Hall–Kier alpha value is -0.530. The fraction of sp³-hybridized carbons (Fsp3) is 0.571. The van der Waals surface area contributed by atoms with Crippen molar-refractivity contribution in [3.63, 3.8) is 0 Å². The lowest BCUT2D eigenvalue weighted by molar-refractivity contribution is 0.446. The van der Waals surface area contributed by atoms with E-state index in [0.29, 0.717) is 11.8 Å². The van der Waals surface area contributed by atoms with Crippen molar-refractivity contribution in [1.29, 1.82) is 0 Å². The Balaban J connectivity index is 1.91. The Morgan fingerprint density at radius 2 is 2.12 bits per heavy atom. The molecule has 2 atom stereocenters. The van der Waals surface area contributed by atoms with Gasteiger partial charge in [-0.3, -0.25) is 0 Å². The Morgan fingerprint density at radius 3 is 2.75 bits per heavy atom. The van der Waals surface area contributed by atoms with Gasteiger partial charge in [0.2, 0.25) is 0 Å². The van der Waals surface area contributed by atoms with Crippen LogP contribution in [0.25, 0.3) is 0 Å². The summed E-state index contributed by atoms with van der Waals surface area (Å²) in [6, 6.07) is 9.03. The molecule has 0 heterocycles. The van der Waals surface area contributed by atoms with Gasteiger partial charge in [-0.1, -0.05) is 37.6 Å². The summed E-state index contributed by atoms with van der Waals surface area (Å²) in [7, 11) is 0. The lowest BCUT2D eigenvalue weighted by Gasteiger charge is -2.21. The molecule has 1 aliphatic carbocycles. The van der Waals surface area contributed by atoms with Crippen molar-refractivity contribution >= 4 is 11.6 Å². The fourth-order valence-electron chi connectivity index (χ4n) is 1.94. The molecule has 16 heavy (non-hydrogen) atoms. The third-order valence-corrected chi connectivity index (χ3v) is 3.77. The van der Waals surface area contributed by atoms with Crippen molar-refractivity contribution in [3.8, 4) is 0 Å². The maximum absolute atomic E-state index is 6.02. The Labute approximate surface area is 103 Å². The van der Waals surface area contributed by atoms with Crippen molar-refractivity contribution in [2.75, 3.05) is 6.54 Å². The molecule has 1 aromatic rings. The topological polar surface area (TPSA) is 12.0 Å². The van der Waals surface area contributed by atoms with Crippen molar-refractivity contribution < 1.29 is 0 Å². The third-order valence-electron chi connectivity index (χ3n) is 3.53. The predicted molar refractivity (Wildman–Crippen MR) is 70.1 cm³/mol. The zero-order valence-corrected chi connectivity index (χ0v) is 10.8. The molecule has 88 valence electrons. The number of hydrogen-bond donors (Lipinski definition) is 1. The third kappa shape index (κ3) is 3.23. The van der Waals surface area contributed by atoms with Crippen LogP contribution in [0, 0.1) is 5.92 Å². The van der Waals surface area contributed by atoms with Crippen LogP contribution in [0.15, 0.2) is 24.3 Å². The first-order valence-corrected chi connectivity index (χ1v) is 6.53. The van der Waals surface area contributed by atoms with Crippen LogP contribution in [0.1, 0.15) is 38.2 Å². The van der Waals surface area contributed by atoms with Gasteiger partial charge < -0.3 is 5.32 Å². The highest BCUT2D eigenvalue weighted by atomic mass is 35.5. The summed E-state index contributed by atoms with van der Waals surface area (Å²) < 4.78 is 0. The SMILES string of the molecule is CC(CNC1CC1)C(C)c1cccc(Cl)c1. The average Bonchev–Trinajstić information content (AvgIpc) is 3.08. The van der Waals surface area contributed by atoms with Crippen LogP contribution in [0.2, 0.25) is 5.02 Å². The lowest BCUT2D eigenvalue weighted by Crippen LogP contribution is -2.26. The van der Waals surface area contributed by atoms with E-state index < -0.39 is 0 Å². The van der Waals surface area contributed by atoms with Gasteiger partial charge in [-0.2, -0.15) is 0 Å². The zero-order valence-electron chi connectivity index (χ0n) is 10.0. The number of benzene rings is 1. The van der Waals surface area contributed by atoms with E-state index in [9.17, 15) is 0 Å². The van der Waals surface area contributed by atoms with Gasteiger partial charge in [0.05, 0.1) is 0 Å². The molecule has 1 nitrogen and oxygen atoms in total. The van der Waals surface area contributed by atoms with Gasteiger partial charge in [0, 0.05) is 11.1 Å². The molecule has 0 saturated heterocycles. The van der Waals surface area contributed by atoms with Gasteiger partial charge in [0.15, 0.2) is 0 Å². The Bertz CT molecular complexity index is 346. The highest BCUT2D eigenvalue weighted by Gasteiger charge is 2.22. The quantitative estimate of drug-likeness (QED) is 0.821. The molecule has 0 aromatic heterocycles. The highest BCUT2D eigenvalue weighted by molar-refractivity contribution is 6.30. The Morgan fingerprint density at radius 1 is 1.38 bits per heavy atom. The van der Waals surface area contributed by atoms with E-state index in [4.69, 9.17) is 11.6 Å². The van der Waals surface area contributed by atoms with Crippen molar-refractivity contribution in [2.45, 2.75) is 38.6 Å². The Kier molecular flexibility index (Phi) is 3.88. The summed E-state index contributed by atoms with van der Waals surface area (Å²) in [5, 5.41) is 4.43. The minimum absolute atomic E-state index is 0.560. The smallest absolute Gasteiger partial charge is 0.0408 e. The number of rotatable bonds is 5. The molecule has 2 rings (SSSR count). The molecule has 1 aromatic carbocycles. The molecule has 1 fully saturated rings. The number of hydrogen-bond acceptors (Lipinski definition) is 1. The normalized spacial score (nSPS) is 19.4. The average molecular weight is 238 g/mol. The summed E-state index contributed by atoms with van der Waals surface area (Å²) in [6.45, 7) is 5.70. The van der Waals surface area contributed by atoms with Crippen LogP contribution < -0.4 is 5.32 Å². The molecular weight excluding hydrogens is 218 g/mol. The van der Waals surface area contributed by atoms with Crippen LogP contribution in [0.3, 0.4) is 0 Å². The maximum Gasteiger partial charge on any atom is 0.0408 e. The summed E-state index contributed by atoms with van der Waals surface area (Å²) in [5.41, 5.74) is 1.34. The monoisotopic (exact) mass is 237 g/mol. The molecule has 1 aliphatic rings. The van der Waals surface area contributed by atoms with Gasteiger partial charge >= 0.3 is 0 Å². The molecule has 2 heteroatoms. The van der Waals surface area contributed by atoms with Gasteiger partial charge in [-0.15, -0.1) is 0 Å². The molecule has 0 aliphatic heterocycles. The standard InChI is InChI=1S/C14H20ClN/c1-10(9-16-14-6-7-14)11(2)12-4-3-5-13(15)8-12/h3-5,8,10-11,14,16H,6-7,9H2,1-2H3. The molecule has 2 unspecified atom stereocenters. The van der Waals surface area contributed by atoms with Gasteiger partial charge in [0.25, 0.3) is 0 Å². The van der Waals surface area contributed by atoms with Crippen molar-refractivity contribution in [1.82, 2.24) is 5.32 Å². The first-order valence-electron chi connectivity index (χ1n) is 6.15. The largest absolute Gasteiger partial charge is 0.314 e. The predicted octanol–water partition coefficient (Wildman–Crippen LogP) is 3.83. The second kappa shape index (κ2) is 5.20. The van der Waals surface area contributed by atoms with Gasteiger partial charge in [0.1, 0.15) is 0 Å². The van der Waals surface area contributed by atoms with E-state index in [2.05, 4.69) is 31.3 Å². The molecule has 1 saturated carbocycles. The molecule has 0 bridgehead atoms.